The second-order valence-corrected chi connectivity index (χ2v) is 5.55. The van der Waals surface area contributed by atoms with E-state index in [0.717, 1.165) is 0 Å². The standard InChI is InChI=1S/C13H17BrClNO3/c1-7(2)16-13(17)12(15)8-5-10(18-3)11(19-4)6-9(8)14/h5-7,12H,1-4H3,(H,16,17). The van der Waals surface area contributed by atoms with Crippen LogP contribution in [0.4, 0.5) is 0 Å². The second kappa shape index (κ2) is 7.01. The van der Waals surface area contributed by atoms with Gasteiger partial charge < -0.3 is 14.8 Å². The van der Waals surface area contributed by atoms with Gasteiger partial charge in [0.1, 0.15) is 5.38 Å². The number of carbonyl (C=O) groups is 1. The van der Waals surface area contributed by atoms with E-state index in [1.807, 2.05) is 13.8 Å². The maximum absolute atomic E-state index is 11.9. The Kier molecular flexibility index (Phi) is 5.94. The highest BCUT2D eigenvalue weighted by atomic mass is 79.9. The van der Waals surface area contributed by atoms with Crippen LogP contribution < -0.4 is 14.8 Å². The molecule has 0 heterocycles. The third-order valence-electron chi connectivity index (χ3n) is 2.44. The quantitative estimate of drug-likeness (QED) is 0.829. The smallest absolute Gasteiger partial charge is 0.242 e. The first-order valence-corrected chi connectivity index (χ1v) is 6.99. The zero-order valence-electron chi connectivity index (χ0n) is 11.3. The van der Waals surface area contributed by atoms with Crippen LogP contribution in [0.5, 0.6) is 11.5 Å². The molecular formula is C13H17BrClNO3. The van der Waals surface area contributed by atoms with Gasteiger partial charge >= 0.3 is 0 Å². The Balaban J connectivity index is 3.09. The minimum Gasteiger partial charge on any atom is -0.493 e. The third kappa shape index (κ3) is 4.01. The van der Waals surface area contributed by atoms with Crippen molar-refractivity contribution in [3.8, 4) is 11.5 Å². The summed E-state index contributed by atoms with van der Waals surface area (Å²) >= 11 is 9.58. The first-order valence-electron chi connectivity index (χ1n) is 5.76. The molecule has 1 amide bonds. The van der Waals surface area contributed by atoms with Crippen molar-refractivity contribution >= 4 is 33.4 Å². The van der Waals surface area contributed by atoms with Gasteiger partial charge in [-0.3, -0.25) is 4.79 Å². The Bertz CT molecular complexity index is 465. The Morgan fingerprint density at radius 3 is 2.26 bits per heavy atom. The Morgan fingerprint density at radius 2 is 1.79 bits per heavy atom. The first kappa shape index (κ1) is 16.1. The van der Waals surface area contributed by atoms with Gasteiger partial charge in [0.25, 0.3) is 0 Å². The molecule has 0 saturated heterocycles. The van der Waals surface area contributed by atoms with Gasteiger partial charge in [-0.15, -0.1) is 11.6 Å². The van der Waals surface area contributed by atoms with Gasteiger partial charge in [-0.25, -0.2) is 0 Å². The second-order valence-electron chi connectivity index (χ2n) is 4.25. The Morgan fingerprint density at radius 1 is 1.26 bits per heavy atom. The van der Waals surface area contributed by atoms with E-state index in [1.54, 1.807) is 19.2 Å². The molecule has 1 N–H and O–H groups in total. The number of benzene rings is 1. The van der Waals surface area contributed by atoms with Crippen molar-refractivity contribution in [3.63, 3.8) is 0 Å². The molecule has 0 bridgehead atoms. The molecule has 1 aromatic rings. The summed E-state index contributed by atoms with van der Waals surface area (Å²) in [5.74, 6) is 0.861. The van der Waals surface area contributed by atoms with Gasteiger partial charge in [-0.2, -0.15) is 0 Å². The third-order valence-corrected chi connectivity index (χ3v) is 3.56. The van der Waals surface area contributed by atoms with Crippen LogP contribution in [0.3, 0.4) is 0 Å². The van der Waals surface area contributed by atoms with Crippen molar-refractivity contribution in [3.05, 3.63) is 22.2 Å². The zero-order valence-corrected chi connectivity index (χ0v) is 13.6. The van der Waals surface area contributed by atoms with Crippen molar-refractivity contribution in [1.29, 1.82) is 0 Å². The van der Waals surface area contributed by atoms with Crippen LogP contribution in [-0.4, -0.2) is 26.2 Å². The number of methoxy groups -OCH3 is 2. The van der Waals surface area contributed by atoms with Crippen LogP contribution in [0.1, 0.15) is 24.8 Å². The monoisotopic (exact) mass is 349 g/mol. The van der Waals surface area contributed by atoms with Crippen LogP contribution in [0.2, 0.25) is 0 Å². The number of hydrogen-bond acceptors (Lipinski definition) is 3. The lowest BCUT2D eigenvalue weighted by Crippen LogP contribution is -2.32. The Labute approximate surface area is 126 Å². The van der Waals surface area contributed by atoms with E-state index < -0.39 is 5.38 Å². The van der Waals surface area contributed by atoms with E-state index in [0.29, 0.717) is 21.5 Å². The summed E-state index contributed by atoms with van der Waals surface area (Å²) in [6.45, 7) is 3.76. The van der Waals surface area contributed by atoms with E-state index in [-0.39, 0.29) is 11.9 Å². The number of nitrogens with one attached hydrogen (secondary N) is 1. The van der Waals surface area contributed by atoms with Gasteiger partial charge in [0.2, 0.25) is 5.91 Å². The molecule has 0 aliphatic heterocycles. The van der Waals surface area contributed by atoms with E-state index in [9.17, 15) is 4.79 Å². The van der Waals surface area contributed by atoms with E-state index >= 15 is 0 Å². The molecule has 0 fully saturated rings. The fraction of sp³-hybridized carbons (Fsp3) is 0.462. The number of hydrogen-bond donors (Lipinski definition) is 1. The minimum atomic E-state index is -0.795. The molecule has 0 spiro atoms. The molecule has 0 saturated carbocycles. The molecule has 0 aliphatic rings. The van der Waals surface area contributed by atoms with Crippen LogP contribution in [-0.2, 0) is 4.79 Å². The average Bonchev–Trinajstić information content (AvgIpc) is 2.36. The van der Waals surface area contributed by atoms with Crippen molar-refractivity contribution in [2.45, 2.75) is 25.3 Å². The van der Waals surface area contributed by atoms with Crippen LogP contribution >= 0.6 is 27.5 Å². The van der Waals surface area contributed by atoms with E-state index in [2.05, 4.69) is 21.2 Å². The largest absolute Gasteiger partial charge is 0.493 e. The lowest BCUT2D eigenvalue weighted by atomic mass is 10.1. The summed E-state index contributed by atoms with van der Waals surface area (Å²) in [5, 5.41) is 1.98. The summed E-state index contributed by atoms with van der Waals surface area (Å²) < 4.78 is 11.1. The van der Waals surface area contributed by atoms with Crippen molar-refractivity contribution < 1.29 is 14.3 Å². The van der Waals surface area contributed by atoms with Crippen LogP contribution in [0.25, 0.3) is 0 Å². The highest BCUT2D eigenvalue weighted by Crippen LogP contribution is 2.38. The highest BCUT2D eigenvalue weighted by molar-refractivity contribution is 9.10. The van der Waals surface area contributed by atoms with E-state index in [4.69, 9.17) is 21.1 Å². The summed E-state index contributed by atoms with van der Waals surface area (Å²) in [6, 6.07) is 3.46. The lowest BCUT2D eigenvalue weighted by molar-refractivity contribution is -0.121. The summed E-state index contributed by atoms with van der Waals surface area (Å²) in [6.07, 6.45) is 0. The maximum atomic E-state index is 11.9. The van der Waals surface area contributed by atoms with Crippen molar-refractivity contribution in [1.82, 2.24) is 5.32 Å². The van der Waals surface area contributed by atoms with Gasteiger partial charge in [-0.1, -0.05) is 15.9 Å². The molecule has 1 unspecified atom stereocenters. The molecule has 4 nitrogen and oxygen atoms in total. The predicted molar refractivity (Wildman–Crippen MR) is 79.1 cm³/mol. The lowest BCUT2D eigenvalue weighted by Gasteiger charge is -2.17. The predicted octanol–water partition coefficient (Wildman–Crippen LogP) is 3.27. The molecule has 0 radical (unpaired) electrons. The molecule has 6 heteroatoms. The summed E-state index contributed by atoms with van der Waals surface area (Å²) in [7, 11) is 3.08. The SMILES string of the molecule is COc1cc(Br)c(C(Cl)C(=O)NC(C)C)cc1OC. The fourth-order valence-corrected chi connectivity index (χ4v) is 2.49. The number of halogens is 2. The number of alkyl halides is 1. The summed E-state index contributed by atoms with van der Waals surface area (Å²) in [4.78, 5) is 11.9. The number of ether oxygens (including phenoxy) is 2. The average molecular weight is 351 g/mol. The zero-order chi connectivity index (χ0) is 14.6. The van der Waals surface area contributed by atoms with Gasteiger partial charge in [0, 0.05) is 10.5 Å². The Hall–Kier alpha value is -0.940. The normalized spacial score (nSPS) is 12.2. The molecule has 1 rings (SSSR count). The number of carbonyl (C=O) groups excluding carboxylic acids is 1. The molecule has 1 aromatic carbocycles. The molecule has 0 aromatic heterocycles. The van der Waals surface area contributed by atoms with Gasteiger partial charge in [-0.05, 0) is 31.5 Å². The van der Waals surface area contributed by atoms with Gasteiger partial charge in [0.05, 0.1) is 14.2 Å². The number of rotatable bonds is 5. The van der Waals surface area contributed by atoms with Crippen LogP contribution in [0, 0.1) is 0 Å². The van der Waals surface area contributed by atoms with Crippen LogP contribution in [0.15, 0.2) is 16.6 Å². The van der Waals surface area contributed by atoms with E-state index in [1.165, 1.54) is 7.11 Å². The molecule has 19 heavy (non-hydrogen) atoms. The summed E-state index contributed by atoms with van der Waals surface area (Å²) in [5.41, 5.74) is 0.637. The first-order chi connectivity index (χ1) is 8.90. The van der Waals surface area contributed by atoms with Crippen molar-refractivity contribution in [2.24, 2.45) is 0 Å². The van der Waals surface area contributed by atoms with Crippen molar-refractivity contribution in [2.75, 3.05) is 14.2 Å². The maximum Gasteiger partial charge on any atom is 0.242 e. The number of amides is 1. The minimum absolute atomic E-state index is 0.0349. The molecule has 0 aliphatic carbocycles. The molecule has 106 valence electrons. The fourth-order valence-electron chi connectivity index (χ4n) is 1.56. The molecular weight excluding hydrogens is 334 g/mol. The van der Waals surface area contributed by atoms with Gasteiger partial charge in [0.15, 0.2) is 11.5 Å². The highest BCUT2D eigenvalue weighted by Gasteiger charge is 2.22. The molecule has 1 atom stereocenters. The topological polar surface area (TPSA) is 47.6 Å².